The fraction of sp³-hybridized carbons (Fsp3) is 0.880. The van der Waals surface area contributed by atoms with Gasteiger partial charge in [-0.1, -0.05) is 97.8 Å². The van der Waals surface area contributed by atoms with Crippen LogP contribution in [0.1, 0.15) is 130 Å². The number of hydrogen-bond donors (Lipinski definition) is 3. The van der Waals surface area contributed by atoms with Crippen molar-refractivity contribution in [2.24, 2.45) is 17.0 Å². The van der Waals surface area contributed by atoms with Crippen molar-refractivity contribution >= 4 is 17.7 Å². The van der Waals surface area contributed by atoms with E-state index in [1.807, 2.05) is 13.8 Å². The van der Waals surface area contributed by atoms with Gasteiger partial charge in [0.25, 0.3) is 0 Å². The highest BCUT2D eigenvalue weighted by Crippen LogP contribution is 2.45. The highest BCUT2D eigenvalue weighted by molar-refractivity contribution is 6.09. The van der Waals surface area contributed by atoms with Crippen molar-refractivity contribution < 1.29 is 24.3 Å². The molecular weight excluding hydrogens is 408 g/mol. The molecule has 7 nitrogen and oxygen atoms in total. The Bertz CT molecular complexity index is 544. The molecule has 0 bridgehead atoms. The average molecular weight is 457 g/mol. The number of nitrogens with two attached hydrogens (primary N) is 2. The Hall–Kier alpha value is -1.47. The van der Waals surface area contributed by atoms with Gasteiger partial charge in [-0.3, -0.25) is 9.59 Å². The zero-order chi connectivity index (χ0) is 24.5. The van der Waals surface area contributed by atoms with Gasteiger partial charge in [-0.25, -0.2) is 4.79 Å². The van der Waals surface area contributed by atoms with Crippen molar-refractivity contribution in [3.63, 3.8) is 0 Å². The van der Waals surface area contributed by atoms with Crippen molar-refractivity contribution in [3.8, 4) is 0 Å². The number of hydrogen-bond acceptors (Lipinski definition) is 6. The molecule has 0 aromatic rings. The summed E-state index contributed by atoms with van der Waals surface area (Å²) in [6.07, 6.45) is 13.3. The molecule has 0 aliphatic heterocycles. The molecule has 5 N–H and O–H groups in total. The number of rotatable bonds is 21. The average Bonchev–Trinajstić information content (AvgIpc) is 2.78. The third kappa shape index (κ3) is 9.57. The Morgan fingerprint density at radius 3 is 1.59 bits per heavy atom. The molecule has 0 saturated carbocycles. The number of carbonyl (C=O) groups is 3. The first-order chi connectivity index (χ1) is 15.3. The van der Waals surface area contributed by atoms with E-state index in [0.29, 0.717) is 32.1 Å². The Kier molecular flexibility index (Phi) is 16.3. The molecule has 1 unspecified atom stereocenters. The molecule has 0 amide bonds. The summed E-state index contributed by atoms with van der Waals surface area (Å²) in [7, 11) is 0. The molecule has 0 aliphatic carbocycles. The van der Waals surface area contributed by atoms with E-state index in [-0.39, 0.29) is 12.8 Å². The maximum absolute atomic E-state index is 13.4. The van der Waals surface area contributed by atoms with Crippen LogP contribution in [-0.4, -0.2) is 28.4 Å². The number of carboxylic acid groups (broad SMARTS) is 1. The predicted molar refractivity (Wildman–Crippen MR) is 128 cm³/mol. The van der Waals surface area contributed by atoms with Gasteiger partial charge >= 0.3 is 11.9 Å². The Balaban J connectivity index is 5.37. The molecule has 0 rings (SSSR count). The van der Waals surface area contributed by atoms with Crippen LogP contribution in [-0.2, 0) is 19.2 Å². The van der Waals surface area contributed by atoms with Crippen LogP contribution in [0.4, 0.5) is 0 Å². The second kappa shape index (κ2) is 17.1. The lowest BCUT2D eigenvalue weighted by atomic mass is 9.60. The SMILES string of the molecule is CCCCCCCCCCCC(=O)C(N)(C(=O)ON)C(CCCC)(CCCC)CC(=O)O. The third-order valence-electron chi connectivity index (χ3n) is 6.72. The molecule has 188 valence electrons. The maximum Gasteiger partial charge on any atom is 0.352 e. The van der Waals surface area contributed by atoms with Gasteiger partial charge in [0.2, 0.25) is 0 Å². The number of unbranched alkanes of at least 4 members (excludes halogenated alkanes) is 10. The largest absolute Gasteiger partial charge is 0.481 e. The van der Waals surface area contributed by atoms with Crippen LogP contribution in [0.25, 0.3) is 0 Å². The van der Waals surface area contributed by atoms with Gasteiger partial charge in [-0.15, -0.1) is 0 Å². The smallest absolute Gasteiger partial charge is 0.352 e. The van der Waals surface area contributed by atoms with Gasteiger partial charge in [0.1, 0.15) is 0 Å². The van der Waals surface area contributed by atoms with E-state index in [2.05, 4.69) is 11.8 Å². The highest BCUT2D eigenvalue weighted by atomic mass is 16.7. The molecule has 0 aromatic heterocycles. The second-order valence-electron chi connectivity index (χ2n) is 9.27. The van der Waals surface area contributed by atoms with Gasteiger partial charge in [-0.05, 0) is 19.3 Å². The fourth-order valence-electron chi connectivity index (χ4n) is 4.67. The Labute approximate surface area is 195 Å². The van der Waals surface area contributed by atoms with E-state index in [0.717, 1.165) is 32.1 Å². The normalized spacial score (nSPS) is 13.5. The number of carbonyl (C=O) groups excluding carboxylic acids is 2. The van der Waals surface area contributed by atoms with Gasteiger partial charge in [0.05, 0.1) is 6.42 Å². The van der Waals surface area contributed by atoms with E-state index in [1.54, 1.807) is 0 Å². The van der Waals surface area contributed by atoms with E-state index < -0.39 is 28.7 Å². The second-order valence-corrected chi connectivity index (χ2v) is 9.27. The molecule has 0 heterocycles. The Morgan fingerprint density at radius 2 is 1.19 bits per heavy atom. The van der Waals surface area contributed by atoms with Crippen molar-refractivity contribution in [2.45, 2.75) is 135 Å². The van der Waals surface area contributed by atoms with Gasteiger partial charge in [-0.2, -0.15) is 5.90 Å². The summed E-state index contributed by atoms with van der Waals surface area (Å²) < 4.78 is 0. The van der Waals surface area contributed by atoms with Crippen LogP contribution in [0.5, 0.6) is 0 Å². The van der Waals surface area contributed by atoms with Crippen LogP contribution >= 0.6 is 0 Å². The molecular formula is C25H48N2O5. The first-order valence-electron chi connectivity index (χ1n) is 12.7. The fourth-order valence-corrected chi connectivity index (χ4v) is 4.67. The van der Waals surface area contributed by atoms with Crippen LogP contribution in [0, 0.1) is 5.41 Å². The van der Waals surface area contributed by atoms with E-state index in [1.165, 1.54) is 32.1 Å². The summed E-state index contributed by atoms with van der Waals surface area (Å²) in [6, 6.07) is 0. The quantitative estimate of drug-likeness (QED) is 0.119. The summed E-state index contributed by atoms with van der Waals surface area (Å²) in [6.45, 7) is 6.16. The van der Waals surface area contributed by atoms with Crippen molar-refractivity contribution in [2.75, 3.05) is 0 Å². The van der Waals surface area contributed by atoms with Gasteiger partial charge < -0.3 is 15.7 Å². The lowest BCUT2D eigenvalue weighted by Gasteiger charge is -2.45. The lowest BCUT2D eigenvalue weighted by molar-refractivity contribution is -0.164. The van der Waals surface area contributed by atoms with Crippen molar-refractivity contribution in [3.05, 3.63) is 0 Å². The minimum absolute atomic E-state index is 0.126. The van der Waals surface area contributed by atoms with Crippen molar-refractivity contribution in [1.29, 1.82) is 0 Å². The molecule has 1 atom stereocenters. The molecule has 32 heavy (non-hydrogen) atoms. The van der Waals surface area contributed by atoms with Crippen LogP contribution < -0.4 is 11.6 Å². The summed E-state index contributed by atoms with van der Waals surface area (Å²) in [5.41, 5.74) is 3.28. The van der Waals surface area contributed by atoms with Crippen molar-refractivity contribution in [1.82, 2.24) is 0 Å². The first-order valence-corrected chi connectivity index (χ1v) is 12.7. The summed E-state index contributed by atoms with van der Waals surface area (Å²) in [5.74, 6) is 2.64. The van der Waals surface area contributed by atoms with Crippen LogP contribution in [0.15, 0.2) is 0 Å². The van der Waals surface area contributed by atoms with Crippen LogP contribution in [0.3, 0.4) is 0 Å². The van der Waals surface area contributed by atoms with Gasteiger partial charge in [0, 0.05) is 11.8 Å². The van der Waals surface area contributed by atoms with Crippen LogP contribution in [0.2, 0.25) is 0 Å². The molecule has 0 saturated heterocycles. The zero-order valence-electron chi connectivity index (χ0n) is 20.8. The minimum atomic E-state index is -2.05. The molecule has 0 aliphatic rings. The number of aliphatic carboxylic acids is 1. The lowest BCUT2D eigenvalue weighted by Crippen LogP contribution is -2.67. The molecule has 0 spiro atoms. The molecule has 0 fully saturated rings. The summed E-state index contributed by atoms with van der Waals surface area (Å²) in [4.78, 5) is 42.5. The minimum Gasteiger partial charge on any atom is -0.481 e. The van der Waals surface area contributed by atoms with E-state index >= 15 is 0 Å². The van der Waals surface area contributed by atoms with E-state index in [4.69, 9.17) is 11.6 Å². The number of carboxylic acids is 1. The monoisotopic (exact) mass is 456 g/mol. The van der Waals surface area contributed by atoms with Gasteiger partial charge in [0.15, 0.2) is 11.3 Å². The maximum atomic E-state index is 13.4. The molecule has 0 radical (unpaired) electrons. The summed E-state index contributed by atoms with van der Waals surface area (Å²) >= 11 is 0. The topological polar surface area (TPSA) is 133 Å². The zero-order valence-corrected chi connectivity index (χ0v) is 20.8. The first kappa shape index (κ1) is 30.5. The number of ketones is 1. The molecule has 7 heteroatoms. The predicted octanol–water partition coefficient (Wildman–Crippen LogP) is 5.43. The standard InChI is InChI=1S/C25H48N2O5/c1-4-7-10-11-12-13-14-15-16-17-21(28)25(26,23(31)32-27)24(18-8-5-2,19-9-6-3)20-22(29)30/h4-20,26-27H2,1-3H3,(H,29,30). The number of Topliss-reactive ketones (excluding diaryl/α,β-unsaturated/α-hetero) is 1. The molecule has 0 aromatic carbocycles. The third-order valence-corrected chi connectivity index (χ3v) is 6.72. The Morgan fingerprint density at radius 1 is 0.750 bits per heavy atom. The highest BCUT2D eigenvalue weighted by Gasteiger charge is 2.59. The van der Waals surface area contributed by atoms with E-state index in [9.17, 15) is 19.5 Å². The summed E-state index contributed by atoms with van der Waals surface area (Å²) in [5, 5.41) is 9.65.